The van der Waals surface area contributed by atoms with E-state index >= 15 is 0 Å². The van der Waals surface area contributed by atoms with Crippen molar-refractivity contribution in [2.75, 3.05) is 11.4 Å². The van der Waals surface area contributed by atoms with Gasteiger partial charge in [-0.15, -0.1) is 0 Å². The van der Waals surface area contributed by atoms with Crippen molar-refractivity contribution in [2.45, 2.75) is 95.6 Å². The minimum Gasteiger partial charge on any atom is -0.339 e. The number of anilines is 1. The SMILES string of the molecule is Cc1ccc(-c2cccc(N(CC34CCC(c5noc(C(C)C)n5)(CC3)CC4)C(=O)C34CC(F)(C3)C4)c2)cc1. The van der Waals surface area contributed by atoms with Crippen LogP contribution in [0.5, 0.6) is 0 Å². The number of benzene rings is 2. The highest BCUT2D eigenvalue weighted by Gasteiger charge is 2.73. The number of carbonyl (C=O) groups is 1. The molecule has 0 atom stereocenters. The molecule has 2 aromatic carbocycles. The monoisotopic (exact) mass is 527 g/mol. The molecule has 3 aromatic rings. The molecule has 204 valence electrons. The predicted octanol–water partition coefficient (Wildman–Crippen LogP) is 7.69. The highest BCUT2D eigenvalue weighted by Crippen LogP contribution is 2.70. The van der Waals surface area contributed by atoms with Crippen LogP contribution in [0.25, 0.3) is 11.1 Å². The number of carbonyl (C=O) groups excluding carboxylic acids is 1. The van der Waals surface area contributed by atoms with E-state index in [0.29, 0.717) is 25.8 Å². The molecule has 6 fully saturated rings. The van der Waals surface area contributed by atoms with Crippen LogP contribution >= 0.6 is 0 Å². The average Bonchev–Trinajstić information content (AvgIpc) is 3.43. The molecule has 0 spiro atoms. The first kappa shape index (κ1) is 25.0. The minimum absolute atomic E-state index is 0.00690. The maximum Gasteiger partial charge on any atom is 0.233 e. The summed E-state index contributed by atoms with van der Waals surface area (Å²) in [5.74, 6) is 1.95. The molecule has 39 heavy (non-hydrogen) atoms. The lowest BCUT2D eigenvalue weighted by atomic mass is 9.41. The zero-order chi connectivity index (χ0) is 27.0. The fraction of sp³-hybridized carbons (Fsp3) is 0.545. The first-order valence-electron chi connectivity index (χ1n) is 14.6. The Hall–Kier alpha value is -3.02. The van der Waals surface area contributed by atoms with Crippen molar-refractivity contribution in [1.29, 1.82) is 0 Å². The van der Waals surface area contributed by atoms with Gasteiger partial charge in [0.05, 0.1) is 5.41 Å². The first-order chi connectivity index (χ1) is 18.6. The van der Waals surface area contributed by atoms with Gasteiger partial charge < -0.3 is 9.42 Å². The standard InChI is InChI=1S/C33H38FN3O2/c1-22(2)27-35-28(36-39-27)31-14-11-30(12-15-31,13-16-31)21-37(29(38)32-18-33(34,19-32)20-32)26-6-4-5-25(17-26)24-9-7-23(3)8-10-24/h4-10,17,22H,11-16,18-21H2,1-3H3. The number of hydrogen-bond acceptors (Lipinski definition) is 4. The van der Waals surface area contributed by atoms with E-state index in [1.807, 2.05) is 4.90 Å². The van der Waals surface area contributed by atoms with E-state index in [4.69, 9.17) is 9.51 Å². The van der Waals surface area contributed by atoms with Gasteiger partial charge in [-0.25, -0.2) is 4.39 Å². The Kier molecular flexibility index (Phi) is 5.44. The Bertz CT molecular complexity index is 1380. The van der Waals surface area contributed by atoms with E-state index in [0.717, 1.165) is 67.1 Å². The molecule has 6 heteroatoms. The summed E-state index contributed by atoms with van der Waals surface area (Å²) in [7, 11) is 0. The topological polar surface area (TPSA) is 59.2 Å². The van der Waals surface area contributed by atoms with Crippen LogP contribution < -0.4 is 4.90 Å². The maximum absolute atomic E-state index is 14.5. The highest BCUT2D eigenvalue weighted by molar-refractivity contribution is 6.00. The van der Waals surface area contributed by atoms with Crippen LogP contribution in [0.4, 0.5) is 10.1 Å². The molecule has 0 radical (unpaired) electrons. The van der Waals surface area contributed by atoms with E-state index in [-0.39, 0.29) is 22.7 Å². The second kappa shape index (κ2) is 8.49. The fourth-order valence-electron chi connectivity index (χ4n) is 7.91. The summed E-state index contributed by atoms with van der Waals surface area (Å²) >= 11 is 0. The zero-order valence-electron chi connectivity index (χ0n) is 23.3. The Labute approximate surface area is 230 Å². The number of nitrogens with zero attached hydrogens (tertiary/aromatic N) is 3. The Balaban J connectivity index is 1.17. The van der Waals surface area contributed by atoms with Crippen LogP contribution in [0.1, 0.15) is 94.8 Å². The summed E-state index contributed by atoms with van der Waals surface area (Å²) in [5, 5.41) is 4.41. The van der Waals surface area contributed by atoms with Crippen molar-refractivity contribution < 1.29 is 13.7 Å². The lowest BCUT2D eigenvalue weighted by Gasteiger charge is -2.65. The van der Waals surface area contributed by atoms with E-state index in [2.05, 4.69) is 74.5 Å². The number of fused-ring (bicyclic) bond motifs is 3. The van der Waals surface area contributed by atoms with E-state index in [9.17, 15) is 9.18 Å². The van der Waals surface area contributed by atoms with Crippen molar-refractivity contribution >= 4 is 11.6 Å². The zero-order valence-corrected chi connectivity index (χ0v) is 23.3. The summed E-state index contributed by atoms with van der Waals surface area (Å²) in [6, 6.07) is 16.9. The van der Waals surface area contributed by atoms with Gasteiger partial charge in [0.15, 0.2) is 5.82 Å². The van der Waals surface area contributed by atoms with Gasteiger partial charge in [-0.1, -0.05) is 61.0 Å². The van der Waals surface area contributed by atoms with Gasteiger partial charge in [0, 0.05) is 23.6 Å². The molecule has 6 aliphatic carbocycles. The summed E-state index contributed by atoms with van der Waals surface area (Å²) in [5.41, 5.74) is 2.86. The first-order valence-corrected chi connectivity index (χ1v) is 14.6. The number of aryl methyl sites for hydroxylation is 1. The van der Waals surface area contributed by atoms with Crippen LogP contribution in [-0.2, 0) is 10.2 Å². The van der Waals surface area contributed by atoms with Crippen molar-refractivity contribution in [1.82, 2.24) is 10.1 Å². The molecule has 0 N–H and O–H groups in total. The van der Waals surface area contributed by atoms with E-state index in [1.54, 1.807) is 0 Å². The Morgan fingerprint density at radius 2 is 1.64 bits per heavy atom. The molecule has 1 heterocycles. The molecule has 6 aliphatic rings. The van der Waals surface area contributed by atoms with Crippen LogP contribution in [0.2, 0.25) is 0 Å². The molecule has 0 aliphatic heterocycles. The van der Waals surface area contributed by atoms with Gasteiger partial charge in [-0.3, -0.25) is 4.79 Å². The van der Waals surface area contributed by atoms with Crippen LogP contribution in [0, 0.1) is 17.8 Å². The molecule has 0 saturated heterocycles. The Morgan fingerprint density at radius 3 is 2.23 bits per heavy atom. The highest BCUT2D eigenvalue weighted by atomic mass is 19.1. The normalized spacial score (nSPS) is 32.5. The third-order valence-electron chi connectivity index (χ3n) is 10.5. The summed E-state index contributed by atoms with van der Waals surface area (Å²) in [6.45, 7) is 6.95. The van der Waals surface area contributed by atoms with Gasteiger partial charge in [0.2, 0.25) is 11.8 Å². The van der Waals surface area contributed by atoms with Gasteiger partial charge >= 0.3 is 0 Å². The van der Waals surface area contributed by atoms with Crippen LogP contribution in [-0.4, -0.2) is 28.3 Å². The third-order valence-corrected chi connectivity index (χ3v) is 10.5. The number of halogens is 1. The number of rotatable bonds is 7. The van der Waals surface area contributed by atoms with Gasteiger partial charge in [-0.05, 0) is 93.4 Å². The lowest BCUT2D eigenvalue weighted by molar-refractivity contribution is -0.211. The van der Waals surface area contributed by atoms with Crippen molar-refractivity contribution in [3.8, 4) is 11.1 Å². The van der Waals surface area contributed by atoms with Crippen molar-refractivity contribution in [2.24, 2.45) is 10.8 Å². The second-order valence-electron chi connectivity index (χ2n) is 13.7. The van der Waals surface area contributed by atoms with E-state index in [1.165, 1.54) is 5.56 Å². The molecular formula is C33H38FN3O2. The second-order valence-corrected chi connectivity index (χ2v) is 13.7. The van der Waals surface area contributed by atoms with Crippen LogP contribution in [0.3, 0.4) is 0 Å². The maximum atomic E-state index is 14.5. The summed E-state index contributed by atoms with van der Waals surface area (Å²) < 4.78 is 20.1. The predicted molar refractivity (Wildman–Crippen MR) is 149 cm³/mol. The molecule has 1 amide bonds. The van der Waals surface area contributed by atoms with Crippen LogP contribution in [0.15, 0.2) is 53.1 Å². The van der Waals surface area contributed by atoms with E-state index < -0.39 is 11.1 Å². The molecule has 6 saturated carbocycles. The number of hydrogen-bond donors (Lipinski definition) is 0. The fourth-order valence-corrected chi connectivity index (χ4v) is 7.91. The molecular weight excluding hydrogens is 489 g/mol. The third kappa shape index (κ3) is 3.96. The van der Waals surface area contributed by atoms with Gasteiger partial charge in [-0.2, -0.15) is 4.98 Å². The lowest BCUT2D eigenvalue weighted by Crippen LogP contribution is -2.71. The number of alkyl halides is 1. The largest absolute Gasteiger partial charge is 0.339 e. The van der Waals surface area contributed by atoms with Gasteiger partial charge in [0.1, 0.15) is 5.67 Å². The Morgan fingerprint density at radius 1 is 0.974 bits per heavy atom. The number of aromatic nitrogens is 2. The summed E-state index contributed by atoms with van der Waals surface area (Å²) in [6.07, 6.45) is 7.36. The number of amides is 1. The van der Waals surface area contributed by atoms with Crippen molar-refractivity contribution in [3.63, 3.8) is 0 Å². The molecule has 4 bridgehead atoms. The summed E-state index contributed by atoms with van der Waals surface area (Å²) in [4.78, 5) is 21.0. The van der Waals surface area contributed by atoms with Crippen molar-refractivity contribution in [3.05, 3.63) is 65.8 Å². The molecule has 5 nitrogen and oxygen atoms in total. The minimum atomic E-state index is -1.10. The smallest absolute Gasteiger partial charge is 0.233 e. The molecule has 9 rings (SSSR count). The quantitative estimate of drug-likeness (QED) is 0.316. The molecule has 1 aromatic heterocycles. The average molecular weight is 528 g/mol. The van der Waals surface area contributed by atoms with Gasteiger partial charge in [0.25, 0.3) is 0 Å². The molecule has 0 unspecified atom stereocenters.